The number of rotatable bonds is 7. The fourth-order valence-electron chi connectivity index (χ4n) is 5.04. The zero-order valence-corrected chi connectivity index (χ0v) is 23.6. The van der Waals surface area contributed by atoms with Gasteiger partial charge in [-0.1, -0.05) is 36.9 Å². The van der Waals surface area contributed by atoms with Crippen LogP contribution in [0.5, 0.6) is 5.75 Å². The maximum absolute atomic E-state index is 11.8. The van der Waals surface area contributed by atoms with Crippen LogP contribution in [0.25, 0.3) is 22.0 Å². The molecule has 0 spiro atoms. The lowest BCUT2D eigenvalue weighted by Gasteiger charge is -2.43. The summed E-state index contributed by atoms with van der Waals surface area (Å²) in [7, 11) is 1.68. The summed E-state index contributed by atoms with van der Waals surface area (Å²) in [4.78, 5) is 26.2. The SMILES string of the molecule is C=CC(=O)Nc1cccc(-c2cccc3cnc(Nc4ccc(N5CCN(C(C)(C)C)CC5)cc4OC)nc23)c1. The molecule has 1 fully saturated rings. The van der Waals surface area contributed by atoms with E-state index < -0.39 is 0 Å². The van der Waals surface area contributed by atoms with Crippen LogP contribution in [0.2, 0.25) is 0 Å². The monoisotopic (exact) mass is 536 g/mol. The number of aromatic nitrogens is 2. The van der Waals surface area contributed by atoms with E-state index in [-0.39, 0.29) is 11.4 Å². The topological polar surface area (TPSA) is 82.6 Å². The number of hydrogen-bond donors (Lipinski definition) is 2. The van der Waals surface area contributed by atoms with E-state index in [0.29, 0.717) is 11.6 Å². The van der Waals surface area contributed by atoms with Crippen molar-refractivity contribution in [3.8, 4) is 16.9 Å². The average molecular weight is 537 g/mol. The van der Waals surface area contributed by atoms with Gasteiger partial charge in [0.2, 0.25) is 11.9 Å². The van der Waals surface area contributed by atoms with Crippen molar-refractivity contribution in [3.05, 3.63) is 79.5 Å². The predicted molar refractivity (Wildman–Crippen MR) is 164 cm³/mol. The molecule has 2 N–H and O–H groups in total. The molecule has 0 unspecified atom stereocenters. The molecule has 40 heavy (non-hydrogen) atoms. The van der Waals surface area contributed by atoms with E-state index in [2.05, 4.69) is 64.9 Å². The van der Waals surface area contributed by atoms with Crippen LogP contribution in [-0.2, 0) is 4.79 Å². The number of hydrogen-bond acceptors (Lipinski definition) is 7. The molecule has 0 aliphatic carbocycles. The lowest BCUT2D eigenvalue weighted by atomic mass is 10.0. The number of para-hydroxylation sites is 1. The molecule has 0 atom stereocenters. The van der Waals surface area contributed by atoms with Gasteiger partial charge in [-0.25, -0.2) is 9.97 Å². The quantitative estimate of drug-likeness (QED) is 0.277. The Labute approximate surface area is 235 Å². The van der Waals surface area contributed by atoms with Crippen molar-refractivity contribution in [1.29, 1.82) is 0 Å². The molecule has 1 aliphatic rings. The first kappa shape index (κ1) is 27.1. The molecule has 0 bridgehead atoms. The molecule has 206 valence electrons. The summed E-state index contributed by atoms with van der Waals surface area (Å²) < 4.78 is 5.76. The Hall–Kier alpha value is -4.43. The van der Waals surface area contributed by atoms with Crippen molar-refractivity contribution in [2.75, 3.05) is 48.8 Å². The molecule has 2 heterocycles. The first-order valence-electron chi connectivity index (χ1n) is 13.5. The predicted octanol–water partition coefficient (Wildman–Crippen LogP) is 6.09. The van der Waals surface area contributed by atoms with Gasteiger partial charge in [0.1, 0.15) is 5.75 Å². The number of piperazine rings is 1. The first-order valence-corrected chi connectivity index (χ1v) is 13.5. The largest absolute Gasteiger partial charge is 0.494 e. The van der Waals surface area contributed by atoms with E-state index in [1.165, 1.54) is 6.08 Å². The van der Waals surface area contributed by atoms with Crippen LogP contribution < -0.4 is 20.3 Å². The van der Waals surface area contributed by atoms with E-state index in [9.17, 15) is 4.79 Å². The first-order chi connectivity index (χ1) is 19.2. The summed E-state index contributed by atoms with van der Waals surface area (Å²) >= 11 is 0. The molecular formula is C32H36N6O2. The highest BCUT2D eigenvalue weighted by Gasteiger charge is 2.26. The highest BCUT2D eigenvalue weighted by atomic mass is 16.5. The molecule has 3 aromatic carbocycles. The lowest BCUT2D eigenvalue weighted by Crippen LogP contribution is -2.53. The normalized spacial score (nSPS) is 14.2. The zero-order chi connectivity index (χ0) is 28.3. The van der Waals surface area contributed by atoms with Gasteiger partial charge in [-0.2, -0.15) is 0 Å². The van der Waals surface area contributed by atoms with Crippen molar-refractivity contribution in [1.82, 2.24) is 14.9 Å². The summed E-state index contributed by atoms with van der Waals surface area (Å²) in [5, 5.41) is 7.09. The Morgan fingerprint density at radius 2 is 1.80 bits per heavy atom. The van der Waals surface area contributed by atoms with Gasteiger partial charge in [0, 0.05) is 66.3 Å². The second kappa shape index (κ2) is 11.4. The maximum atomic E-state index is 11.8. The third kappa shape index (κ3) is 5.92. The van der Waals surface area contributed by atoms with E-state index in [1.54, 1.807) is 7.11 Å². The molecule has 8 nitrogen and oxygen atoms in total. The summed E-state index contributed by atoms with van der Waals surface area (Å²) in [5.41, 5.74) is 5.49. The Morgan fingerprint density at radius 3 is 2.52 bits per heavy atom. The van der Waals surface area contributed by atoms with Crippen molar-refractivity contribution in [3.63, 3.8) is 0 Å². The second-order valence-electron chi connectivity index (χ2n) is 10.9. The molecule has 0 saturated carbocycles. The van der Waals surface area contributed by atoms with Crippen molar-refractivity contribution in [2.24, 2.45) is 0 Å². The fourth-order valence-corrected chi connectivity index (χ4v) is 5.04. The van der Waals surface area contributed by atoms with Gasteiger partial charge in [-0.3, -0.25) is 9.69 Å². The maximum Gasteiger partial charge on any atom is 0.247 e. The minimum Gasteiger partial charge on any atom is -0.494 e. The Bertz CT molecular complexity index is 1540. The van der Waals surface area contributed by atoms with Crippen LogP contribution >= 0.6 is 0 Å². The number of fused-ring (bicyclic) bond motifs is 1. The van der Waals surface area contributed by atoms with Gasteiger partial charge >= 0.3 is 0 Å². The number of anilines is 4. The van der Waals surface area contributed by atoms with E-state index in [0.717, 1.165) is 65.3 Å². The summed E-state index contributed by atoms with van der Waals surface area (Å²) in [6.45, 7) is 14.3. The number of nitrogens with one attached hydrogen (secondary N) is 2. The number of methoxy groups -OCH3 is 1. The third-order valence-corrected chi connectivity index (χ3v) is 7.26. The van der Waals surface area contributed by atoms with E-state index in [1.807, 2.05) is 54.7 Å². The third-order valence-electron chi connectivity index (χ3n) is 7.26. The van der Waals surface area contributed by atoms with Gasteiger partial charge in [-0.15, -0.1) is 0 Å². The minimum atomic E-state index is -0.254. The van der Waals surface area contributed by atoms with Gasteiger partial charge in [-0.05, 0) is 56.7 Å². The van der Waals surface area contributed by atoms with Crippen LogP contribution in [0.4, 0.5) is 23.0 Å². The minimum absolute atomic E-state index is 0.182. The molecule has 5 rings (SSSR count). The number of carbonyl (C=O) groups is 1. The van der Waals surface area contributed by atoms with Crippen LogP contribution in [-0.4, -0.2) is 59.6 Å². The molecule has 8 heteroatoms. The van der Waals surface area contributed by atoms with Crippen molar-refractivity contribution >= 4 is 39.8 Å². The average Bonchev–Trinajstić information content (AvgIpc) is 2.96. The van der Waals surface area contributed by atoms with E-state index >= 15 is 0 Å². The Morgan fingerprint density at radius 1 is 1.02 bits per heavy atom. The van der Waals surface area contributed by atoms with Crippen LogP contribution in [0, 0.1) is 0 Å². The van der Waals surface area contributed by atoms with Crippen molar-refractivity contribution in [2.45, 2.75) is 26.3 Å². The number of nitrogens with zero attached hydrogens (tertiary/aromatic N) is 4. The summed E-state index contributed by atoms with van der Waals surface area (Å²) in [6.07, 6.45) is 3.07. The molecular weight excluding hydrogens is 500 g/mol. The Kier molecular flexibility index (Phi) is 7.71. The number of amides is 1. The standard InChI is InChI=1S/C32H36N6O2/c1-6-29(39)34-24-11-7-9-22(19-24)26-12-8-10-23-21-33-31(36-30(23)26)35-27-14-13-25(20-28(27)40-5)37-15-17-38(18-16-37)32(2,3)4/h6-14,19-21H,1,15-18H2,2-5H3,(H,34,39)(H,33,35,36). The molecule has 1 saturated heterocycles. The highest BCUT2D eigenvalue weighted by molar-refractivity contribution is 6.00. The van der Waals surface area contributed by atoms with Gasteiger partial charge in [0.05, 0.1) is 18.3 Å². The second-order valence-corrected chi connectivity index (χ2v) is 10.9. The van der Waals surface area contributed by atoms with E-state index in [4.69, 9.17) is 9.72 Å². The molecule has 4 aromatic rings. The number of benzene rings is 3. The summed E-state index contributed by atoms with van der Waals surface area (Å²) in [5.74, 6) is 0.954. The summed E-state index contributed by atoms with van der Waals surface area (Å²) in [6, 6.07) is 19.9. The fraction of sp³-hybridized carbons (Fsp3) is 0.281. The number of ether oxygens (including phenoxy) is 1. The smallest absolute Gasteiger partial charge is 0.247 e. The molecule has 0 radical (unpaired) electrons. The van der Waals surface area contributed by atoms with Crippen molar-refractivity contribution < 1.29 is 9.53 Å². The zero-order valence-electron chi connectivity index (χ0n) is 23.6. The lowest BCUT2D eigenvalue weighted by molar-refractivity contribution is -0.111. The number of carbonyl (C=O) groups excluding carboxylic acids is 1. The Balaban J connectivity index is 1.39. The molecule has 1 aliphatic heterocycles. The van der Waals surface area contributed by atoms with Gasteiger partial charge in [0.15, 0.2) is 0 Å². The van der Waals surface area contributed by atoms with Crippen LogP contribution in [0.15, 0.2) is 79.5 Å². The van der Waals surface area contributed by atoms with Crippen LogP contribution in [0.3, 0.4) is 0 Å². The highest BCUT2D eigenvalue weighted by Crippen LogP contribution is 2.34. The van der Waals surface area contributed by atoms with Gasteiger partial charge < -0.3 is 20.3 Å². The molecule has 1 aromatic heterocycles. The van der Waals surface area contributed by atoms with Crippen LogP contribution in [0.1, 0.15) is 20.8 Å². The molecule has 1 amide bonds. The van der Waals surface area contributed by atoms with Gasteiger partial charge in [0.25, 0.3) is 0 Å².